The Kier molecular flexibility index (Phi) is 3.69. The lowest BCUT2D eigenvalue weighted by Crippen LogP contribution is -2.28. The molecule has 1 unspecified atom stereocenters. The van der Waals surface area contributed by atoms with Gasteiger partial charge in [-0.05, 0) is 30.7 Å². The summed E-state index contributed by atoms with van der Waals surface area (Å²) in [4.78, 5) is 13.2. The Morgan fingerprint density at radius 2 is 2.41 bits per heavy atom. The first-order chi connectivity index (χ1) is 8.13. The number of anilines is 1. The number of amides is 1. The molecule has 1 atom stereocenters. The zero-order valence-corrected chi connectivity index (χ0v) is 10.8. The fourth-order valence-electron chi connectivity index (χ4n) is 2.28. The van der Waals surface area contributed by atoms with E-state index in [9.17, 15) is 4.79 Å². The number of hydrogen-bond acceptors (Lipinski definition) is 4. The average molecular weight is 254 g/mol. The largest absolute Gasteiger partial charge is 0.395 e. The van der Waals surface area contributed by atoms with Crippen LogP contribution < -0.4 is 11.1 Å². The number of hydrogen-bond donors (Lipinski definition) is 3. The van der Waals surface area contributed by atoms with E-state index < -0.39 is 0 Å². The number of aliphatic hydroxyl groups is 1. The van der Waals surface area contributed by atoms with Crippen molar-refractivity contribution in [3.63, 3.8) is 0 Å². The number of nitrogen functional groups attached to an aromatic ring is 1. The quantitative estimate of drug-likeness (QED) is 0.758. The highest BCUT2D eigenvalue weighted by molar-refractivity contribution is 7.16. The van der Waals surface area contributed by atoms with Crippen molar-refractivity contribution in [2.24, 2.45) is 5.92 Å². The van der Waals surface area contributed by atoms with Crippen LogP contribution in [0.2, 0.25) is 0 Å². The van der Waals surface area contributed by atoms with Gasteiger partial charge in [-0.25, -0.2) is 0 Å². The highest BCUT2D eigenvalue weighted by atomic mass is 32.1. The lowest BCUT2D eigenvalue weighted by atomic mass is 9.88. The summed E-state index contributed by atoms with van der Waals surface area (Å²) in [5.74, 6) is 0.525. The zero-order chi connectivity index (χ0) is 12.4. The Morgan fingerprint density at radius 1 is 1.65 bits per heavy atom. The van der Waals surface area contributed by atoms with Crippen LogP contribution in [-0.4, -0.2) is 24.2 Å². The molecule has 0 radical (unpaired) electrons. The molecule has 4 N–H and O–H groups in total. The molecule has 1 heterocycles. The van der Waals surface area contributed by atoms with Crippen molar-refractivity contribution in [1.82, 2.24) is 5.32 Å². The van der Waals surface area contributed by atoms with Gasteiger partial charge in [0, 0.05) is 11.4 Å². The summed E-state index contributed by atoms with van der Waals surface area (Å²) < 4.78 is 0. The fourth-order valence-corrected chi connectivity index (χ4v) is 3.56. The molecule has 0 bridgehead atoms. The standard InChI is InChI=1S/C12H18N2O2S/c1-7-2-3-8-9(6-7)17-11(13)10(8)12(16)14-4-5-15/h7,15H,2-6,13H2,1H3,(H,14,16). The van der Waals surface area contributed by atoms with E-state index in [1.807, 2.05) is 0 Å². The Labute approximate surface area is 105 Å². The maximum absolute atomic E-state index is 11.9. The second kappa shape index (κ2) is 5.06. The second-order valence-electron chi connectivity index (χ2n) is 4.57. The number of rotatable bonds is 3. The minimum atomic E-state index is -0.149. The Morgan fingerprint density at radius 3 is 3.12 bits per heavy atom. The highest BCUT2D eigenvalue weighted by Gasteiger charge is 2.26. The Bertz CT molecular complexity index is 428. The Balaban J connectivity index is 2.25. The number of nitrogens with two attached hydrogens (primary N) is 1. The van der Waals surface area contributed by atoms with Crippen molar-refractivity contribution < 1.29 is 9.90 Å². The molecule has 17 heavy (non-hydrogen) atoms. The molecule has 0 aliphatic heterocycles. The van der Waals surface area contributed by atoms with Crippen LogP contribution in [0.1, 0.15) is 34.1 Å². The van der Waals surface area contributed by atoms with E-state index in [2.05, 4.69) is 12.2 Å². The van der Waals surface area contributed by atoms with Crippen LogP contribution in [0.15, 0.2) is 0 Å². The fraction of sp³-hybridized carbons (Fsp3) is 0.583. The predicted octanol–water partition coefficient (Wildman–Crippen LogP) is 1.18. The molecule has 4 nitrogen and oxygen atoms in total. The van der Waals surface area contributed by atoms with Crippen molar-refractivity contribution in [3.05, 3.63) is 16.0 Å². The lowest BCUT2D eigenvalue weighted by Gasteiger charge is -2.18. The third-order valence-corrected chi connectivity index (χ3v) is 4.25. The predicted molar refractivity (Wildman–Crippen MR) is 69.3 cm³/mol. The average Bonchev–Trinajstić information content (AvgIpc) is 2.61. The molecule has 0 saturated carbocycles. The van der Waals surface area contributed by atoms with Gasteiger partial charge in [-0.2, -0.15) is 0 Å². The summed E-state index contributed by atoms with van der Waals surface area (Å²) in [6, 6.07) is 0. The van der Waals surface area contributed by atoms with Crippen LogP contribution in [-0.2, 0) is 12.8 Å². The molecule has 1 aromatic heterocycles. The van der Waals surface area contributed by atoms with E-state index in [1.54, 1.807) is 0 Å². The van der Waals surface area contributed by atoms with E-state index in [4.69, 9.17) is 10.8 Å². The van der Waals surface area contributed by atoms with E-state index >= 15 is 0 Å². The topological polar surface area (TPSA) is 75.4 Å². The van der Waals surface area contributed by atoms with Crippen LogP contribution in [0.4, 0.5) is 5.00 Å². The summed E-state index contributed by atoms with van der Waals surface area (Å²) in [7, 11) is 0. The van der Waals surface area contributed by atoms with Crippen molar-refractivity contribution in [3.8, 4) is 0 Å². The summed E-state index contributed by atoms with van der Waals surface area (Å²) in [6.07, 6.45) is 3.08. The number of thiophene rings is 1. The number of carbonyl (C=O) groups excluding carboxylic acids is 1. The van der Waals surface area contributed by atoms with Crippen LogP contribution in [0.3, 0.4) is 0 Å². The molecular weight excluding hydrogens is 236 g/mol. The van der Waals surface area contributed by atoms with E-state index in [0.717, 1.165) is 24.8 Å². The highest BCUT2D eigenvalue weighted by Crippen LogP contribution is 2.37. The van der Waals surface area contributed by atoms with Gasteiger partial charge in [-0.15, -0.1) is 11.3 Å². The number of nitrogens with one attached hydrogen (secondary N) is 1. The first-order valence-corrected chi connectivity index (χ1v) is 6.74. The van der Waals surface area contributed by atoms with Crippen molar-refractivity contribution in [2.45, 2.75) is 26.2 Å². The maximum atomic E-state index is 11.9. The number of carbonyl (C=O) groups is 1. The van der Waals surface area contributed by atoms with E-state index in [-0.39, 0.29) is 19.1 Å². The van der Waals surface area contributed by atoms with Crippen molar-refractivity contribution in [1.29, 1.82) is 0 Å². The van der Waals surface area contributed by atoms with Crippen molar-refractivity contribution >= 4 is 22.2 Å². The molecule has 5 heteroatoms. The zero-order valence-electron chi connectivity index (χ0n) is 9.95. The molecule has 1 aliphatic carbocycles. The van der Waals surface area contributed by atoms with Crippen LogP contribution in [0.25, 0.3) is 0 Å². The lowest BCUT2D eigenvalue weighted by molar-refractivity contribution is 0.0945. The summed E-state index contributed by atoms with van der Waals surface area (Å²) in [5.41, 5.74) is 7.70. The minimum absolute atomic E-state index is 0.0466. The van der Waals surface area contributed by atoms with Gasteiger partial charge in [0.25, 0.3) is 5.91 Å². The summed E-state index contributed by atoms with van der Waals surface area (Å²) >= 11 is 1.54. The molecular formula is C12H18N2O2S. The Hall–Kier alpha value is -1.07. The smallest absolute Gasteiger partial charge is 0.254 e. The SMILES string of the molecule is CC1CCc2c(sc(N)c2C(=O)NCCO)C1. The van der Waals surface area contributed by atoms with Gasteiger partial charge in [-0.3, -0.25) is 4.79 Å². The second-order valence-corrected chi connectivity index (χ2v) is 5.71. The summed E-state index contributed by atoms with van der Waals surface area (Å²) in [6.45, 7) is 2.46. The minimum Gasteiger partial charge on any atom is -0.395 e. The maximum Gasteiger partial charge on any atom is 0.254 e. The van der Waals surface area contributed by atoms with Gasteiger partial charge >= 0.3 is 0 Å². The van der Waals surface area contributed by atoms with Gasteiger partial charge in [-0.1, -0.05) is 6.92 Å². The van der Waals surface area contributed by atoms with Crippen LogP contribution >= 0.6 is 11.3 Å². The third kappa shape index (κ3) is 2.45. The molecule has 0 aromatic carbocycles. The molecule has 0 spiro atoms. The third-order valence-electron chi connectivity index (χ3n) is 3.16. The van der Waals surface area contributed by atoms with E-state index in [0.29, 0.717) is 16.5 Å². The molecule has 0 fully saturated rings. The molecule has 0 saturated heterocycles. The van der Waals surface area contributed by atoms with Gasteiger partial charge in [0.15, 0.2) is 0 Å². The van der Waals surface area contributed by atoms with Crippen LogP contribution in [0.5, 0.6) is 0 Å². The van der Waals surface area contributed by atoms with Gasteiger partial charge in [0.2, 0.25) is 0 Å². The van der Waals surface area contributed by atoms with Gasteiger partial charge in [0.1, 0.15) is 0 Å². The van der Waals surface area contributed by atoms with Crippen LogP contribution in [0, 0.1) is 5.92 Å². The normalized spacial score (nSPS) is 18.8. The molecule has 1 aliphatic rings. The van der Waals surface area contributed by atoms with Gasteiger partial charge in [0.05, 0.1) is 17.2 Å². The first-order valence-electron chi connectivity index (χ1n) is 5.92. The summed E-state index contributed by atoms with van der Waals surface area (Å²) in [5, 5.41) is 12.0. The van der Waals surface area contributed by atoms with Crippen molar-refractivity contribution in [2.75, 3.05) is 18.9 Å². The van der Waals surface area contributed by atoms with E-state index in [1.165, 1.54) is 16.2 Å². The molecule has 1 amide bonds. The van der Waals surface area contributed by atoms with Gasteiger partial charge < -0.3 is 16.2 Å². The molecule has 2 rings (SSSR count). The number of fused-ring (bicyclic) bond motifs is 1. The first kappa shape index (κ1) is 12.4. The monoisotopic (exact) mass is 254 g/mol. The molecule has 1 aromatic rings. The number of aliphatic hydroxyl groups excluding tert-OH is 1. The molecule has 94 valence electrons.